The van der Waals surface area contributed by atoms with Crippen molar-refractivity contribution in [3.8, 4) is 0 Å². The van der Waals surface area contributed by atoms with Crippen LogP contribution in [0, 0.1) is 0 Å². The molecule has 4 atom stereocenters. The summed E-state index contributed by atoms with van der Waals surface area (Å²) < 4.78 is 0. The largest absolute Gasteiger partial charge is 0.394 e. The van der Waals surface area contributed by atoms with Crippen LogP contribution in [0.1, 0.15) is 258 Å². The van der Waals surface area contributed by atoms with Gasteiger partial charge in [0, 0.05) is 0 Å². The highest BCUT2D eigenvalue weighted by atomic mass is 16.3. The minimum absolute atomic E-state index is 0.372. The van der Waals surface area contributed by atoms with Gasteiger partial charge in [-0.3, -0.25) is 4.79 Å². The second-order valence-electron chi connectivity index (χ2n) is 16.8. The van der Waals surface area contributed by atoms with Crippen molar-refractivity contribution in [2.45, 2.75) is 282 Å². The minimum atomic E-state index is -1.25. The molecule has 0 aliphatic rings. The van der Waals surface area contributed by atoms with Crippen molar-refractivity contribution in [2.24, 2.45) is 0 Å². The number of aliphatic hydroxyl groups excluding tert-OH is 4. The van der Waals surface area contributed by atoms with Crippen molar-refractivity contribution >= 4 is 5.91 Å². The van der Waals surface area contributed by atoms with Gasteiger partial charge in [0.05, 0.1) is 18.8 Å². The van der Waals surface area contributed by atoms with Gasteiger partial charge >= 0.3 is 0 Å². The Balaban J connectivity index is 3.47. The average molecular weight is 766 g/mol. The topological polar surface area (TPSA) is 110 Å². The highest BCUT2D eigenvalue weighted by Gasteiger charge is 2.28. The quantitative estimate of drug-likeness (QED) is 0.0313. The van der Waals surface area contributed by atoms with Gasteiger partial charge in [-0.15, -0.1) is 0 Å². The third kappa shape index (κ3) is 36.7. The molecule has 0 aromatic carbocycles. The number of rotatable bonds is 44. The van der Waals surface area contributed by atoms with Crippen molar-refractivity contribution in [3.05, 3.63) is 12.2 Å². The Morgan fingerprint density at radius 1 is 0.444 bits per heavy atom. The van der Waals surface area contributed by atoms with Gasteiger partial charge in [0.15, 0.2) is 0 Å². The van der Waals surface area contributed by atoms with Crippen molar-refractivity contribution in [1.82, 2.24) is 5.32 Å². The van der Waals surface area contributed by atoms with E-state index in [1.165, 1.54) is 193 Å². The van der Waals surface area contributed by atoms with E-state index in [0.29, 0.717) is 12.8 Å². The first-order valence-electron chi connectivity index (χ1n) is 24.1. The molecule has 6 heteroatoms. The Labute approximate surface area is 336 Å². The number of hydrogen-bond acceptors (Lipinski definition) is 5. The first-order chi connectivity index (χ1) is 26.5. The Kier molecular flexibility index (Phi) is 42.4. The normalized spacial score (nSPS) is 14.1. The van der Waals surface area contributed by atoms with Gasteiger partial charge in [0.2, 0.25) is 5.91 Å². The van der Waals surface area contributed by atoms with E-state index in [-0.39, 0.29) is 0 Å². The van der Waals surface area contributed by atoms with E-state index in [1.807, 2.05) is 0 Å². The zero-order chi connectivity index (χ0) is 39.6. The predicted molar refractivity (Wildman–Crippen MR) is 233 cm³/mol. The van der Waals surface area contributed by atoms with Crippen molar-refractivity contribution in [3.63, 3.8) is 0 Å². The van der Waals surface area contributed by atoms with E-state index in [0.717, 1.165) is 38.5 Å². The van der Waals surface area contributed by atoms with Crippen LogP contribution in [0.4, 0.5) is 0 Å². The number of aliphatic hydroxyl groups is 4. The summed E-state index contributed by atoms with van der Waals surface area (Å²) >= 11 is 0. The molecule has 322 valence electrons. The van der Waals surface area contributed by atoms with E-state index in [4.69, 9.17) is 0 Å². The fraction of sp³-hybridized carbons (Fsp3) is 0.938. The molecule has 54 heavy (non-hydrogen) atoms. The van der Waals surface area contributed by atoms with Crippen LogP contribution in [-0.4, -0.2) is 57.3 Å². The molecule has 0 rings (SSSR count). The SMILES string of the molecule is CCCCCCCCCCCCCC/C=C\CCCCCCCCCCCCCCCCCCC(O)C(=O)NC(CO)C(O)C(O)CCCCCCCC. The van der Waals surface area contributed by atoms with Gasteiger partial charge in [-0.25, -0.2) is 0 Å². The van der Waals surface area contributed by atoms with E-state index in [2.05, 4.69) is 31.3 Å². The first kappa shape index (κ1) is 53.0. The van der Waals surface area contributed by atoms with Crippen LogP contribution in [0.3, 0.4) is 0 Å². The van der Waals surface area contributed by atoms with Gasteiger partial charge in [-0.05, 0) is 38.5 Å². The lowest BCUT2D eigenvalue weighted by Gasteiger charge is -2.27. The minimum Gasteiger partial charge on any atom is -0.394 e. The number of amides is 1. The summed E-state index contributed by atoms with van der Waals surface area (Å²) in [6, 6.07) is -0.978. The van der Waals surface area contributed by atoms with Crippen molar-refractivity contribution < 1.29 is 25.2 Å². The number of unbranched alkanes of at least 4 members (excludes halogenated alkanes) is 33. The fourth-order valence-corrected chi connectivity index (χ4v) is 7.64. The molecule has 0 aromatic rings. The number of nitrogens with one attached hydrogen (secondary N) is 1. The second kappa shape index (κ2) is 43.2. The van der Waals surface area contributed by atoms with Gasteiger partial charge in [-0.2, -0.15) is 0 Å². The summed E-state index contributed by atoms with van der Waals surface area (Å²) in [6.45, 7) is 3.99. The maximum Gasteiger partial charge on any atom is 0.249 e. The molecule has 0 radical (unpaired) electrons. The zero-order valence-corrected chi connectivity index (χ0v) is 36.2. The van der Waals surface area contributed by atoms with E-state index >= 15 is 0 Å². The summed E-state index contributed by atoms with van der Waals surface area (Å²) in [7, 11) is 0. The van der Waals surface area contributed by atoms with Crippen molar-refractivity contribution in [1.29, 1.82) is 0 Å². The number of carbonyl (C=O) groups is 1. The van der Waals surface area contributed by atoms with Gasteiger partial charge < -0.3 is 25.7 Å². The summed E-state index contributed by atoms with van der Waals surface area (Å²) in [5.74, 6) is -0.585. The van der Waals surface area contributed by atoms with Gasteiger partial charge in [0.25, 0.3) is 0 Å². The molecule has 0 spiro atoms. The molecule has 0 aromatic heterocycles. The Morgan fingerprint density at radius 3 is 1.07 bits per heavy atom. The lowest BCUT2D eigenvalue weighted by molar-refractivity contribution is -0.132. The van der Waals surface area contributed by atoms with Crippen LogP contribution in [-0.2, 0) is 4.79 Å². The fourth-order valence-electron chi connectivity index (χ4n) is 7.64. The van der Waals surface area contributed by atoms with Crippen LogP contribution in [0.25, 0.3) is 0 Å². The average Bonchev–Trinajstić information content (AvgIpc) is 3.18. The van der Waals surface area contributed by atoms with E-state index in [1.54, 1.807) is 0 Å². The molecular weight excluding hydrogens is 671 g/mol. The van der Waals surface area contributed by atoms with Crippen LogP contribution >= 0.6 is 0 Å². The van der Waals surface area contributed by atoms with Crippen LogP contribution in [0.5, 0.6) is 0 Å². The molecule has 0 fully saturated rings. The third-order valence-electron chi connectivity index (χ3n) is 11.5. The zero-order valence-electron chi connectivity index (χ0n) is 36.2. The molecule has 4 unspecified atom stereocenters. The summed E-state index contributed by atoms with van der Waals surface area (Å²) in [4.78, 5) is 12.4. The summed E-state index contributed by atoms with van der Waals surface area (Å²) in [5, 5.41) is 43.3. The number of carbonyl (C=O) groups excluding carboxylic acids is 1. The molecule has 0 bridgehead atoms. The van der Waals surface area contributed by atoms with Crippen LogP contribution < -0.4 is 5.32 Å². The Morgan fingerprint density at radius 2 is 0.741 bits per heavy atom. The highest BCUT2D eigenvalue weighted by molar-refractivity contribution is 5.80. The van der Waals surface area contributed by atoms with Crippen LogP contribution in [0.15, 0.2) is 12.2 Å². The third-order valence-corrected chi connectivity index (χ3v) is 11.5. The molecule has 0 aliphatic carbocycles. The summed E-state index contributed by atoms with van der Waals surface area (Å²) in [5.41, 5.74) is 0. The Bertz CT molecular complexity index is 776. The maximum atomic E-state index is 12.4. The highest BCUT2D eigenvalue weighted by Crippen LogP contribution is 2.17. The molecular formula is C48H95NO5. The van der Waals surface area contributed by atoms with Gasteiger partial charge in [-0.1, -0.05) is 231 Å². The molecule has 5 N–H and O–H groups in total. The lowest BCUT2D eigenvalue weighted by atomic mass is 9.99. The molecule has 0 heterocycles. The standard InChI is InChI=1S/C48H95NO5/c1-3-5-7-9-11-12-13-14-15-16-17-18-19-20-21-22-23-24-25-26-27-28-29-30-31-32-33-34-35-36-38-40-42-46(52)48(54)49-44(43-50)47(53)45(51)41-39-37-10-8-6-4-2/h20-21,44-47,50-53H,3-19,22-43H2,1-2H3,(H,49,54)/b21-20-. The van der Waals surface area contributed by atoms with Crippen molar-refractivity contribution in [2.75, 3.05) is 6.61 Å². The number of hydrogen-bond donors (Lipinski definition) is 5. The van der Waals surface area contributed by atoms with E-state index < -0.39 is 36.9 Å². The molecule has 1 amide bonds. The maximum absolute atomic E-state index is 12.4. The molecule has 0 saturated carbocycles. The van der Waals surface area contributed by atoms with Gasteiger partial charge in [0.1, 0.15) is 12.2 Å². The molecule has 6 nitrogen and oxygen atoms in total. The molecule has 0 aliphatic heterocycles. The molecule has 0 saturated heterocycles. The Hall–Kier alpha value is -0.950. The monoisotopic (exact) mass is 766 g/mol. The predicted octanol–water partition coefficient (Wildman–Crippen LogP) is 13.0. The lowest BCUT2D eigenvalue weighted by Crippen LogP contribution is -2.53. The smallest absolute Gasteiger partial charge is 0.249 e. The van der Waals surface area contributed by atoms with E-state index in [9.17, 15) is 25.2 Å². The second-order valence-corrected chi connectivity index (χ2v) is 16.8. The summed E-state index contributed by atoms with van der Waals surface area (Å²) in [6.07, 6.45) is 48.9. The van der Waals surface area contributed by atoms with Crippen LogP contribution in [0.2, 0.25) is 0 Å². The first-order valence-corrected chi connectivity index (χ1v) is 24.1. The number of allylic oxidation sites excluding steroid dienone is 2.